The van der Waals surface area contributed by atoms with Gasteiger partial charge in [0.05, 0.1) is 11.1 Å². The summed E-state index contributed by atoms with van der Waals surface area (Å²) in [6.45, 7) is 0.360. The number of aliphatic carboxylic acids is 2. The maximum Gasteiger partial charge on any atom is 0.417 e. The summed E-state index contributed by atoms with van der Waals surface area (Å²) < 4.78 is 84.5. The zero-order chi connectivity index (χ0) is 34.5. The van der Waals surface area contributed by atoms with Crippen molar-refractivity contribution < 1.29 is 55.7 Å². The maximum atomic E-state index is 14.1. The van der Waals surface area contributed by atoms with Crippen molar-refractivity contribution in [2.75, 3.05) is 13.1 Å². The van der Waals surface area contributed by atoms with Crippen LogP contribution in [0.5, 0.6) is 0 Å². The first kappa shape index (κ1) is 35.6. The quantitative estimate of drug-likeness (QED) is 0.231. The molecule has 0 bridgehead atoms. The fourth-order valence-corrected chi connectivity index (χ4v) is 6.55. The number of alkyl halides is 6. The summed E-state index contributed by atoms with van der Waals surface area (Å²) in [4.78, 5) is 49.4. The van der Waals surface area contributed by atoms with E-state index in [1.54, 1.807) is 0 Å². The Morgan fingerprint density at radius 2 is 1.04 bits per heavy atom. The van der Waals surface area contributed by atoms with Crippen LogP contribution in [0.1, 0.15) is 60.8 Å². The SMILES string of the molecule is O=C(O)C1CCCCN1C(=O)/C=C/c1ccc(Sc2ccc(/C=C/C(=O)N3CCCCC3C(=O)O)cc2C(F)(F)F)c(C(F)(F)F)c1. The normalized spacial score (nSPS) is 19.4. The third-order valence-corrected chi connectivity index (χ3v) is 8.97. The number of carboxylic acids is 2. The lowest BCUT2D eigenvalue weighted by Gasteiger charge is -2.32. The molecular formula is C32H30F6N2O6S. The molecule has 252 valence electrons. The number of carbonyl (C=O) groups is 4. The second-order valence-corrected chi connectivity index (χ2v) is 12.1. The molecule has 0 aliphatic carbocycles. The summed E-state index contributed by atoms with van der Waals surface area (Å²) in [6.07, 6.45) is -2.95. The molecule has 2 aliphatic heterocycles. The number of piperidine rings is 2. The van der Waals surface area contributed by atoms with E-state index in [-0.39, 0.29) is 48.8 Å². The van der Waals surface area contributed by atoms with E-state index in [4.69, 9.17) is 0 Å². The van der Waals surface area contributed by atoms with Gasteiger partial charge in [-0.25, -0.2) is 9.59 Å². The third-order valence-electron chi connectivity index (χ3n) is 7.82. The fourth-order valence-electron chi connectivity index (χ4n) is 5.47. The summed E-state index contributed by atoms with van der Waals surface area (Å²) in [7, 11) is 0. The molecule has 2 amide bonds. The van der Waals surface area contributed by atoms with Gasteiger partial charge in [-0.3, -0.25) is 9.59 Å². The smallest absolute Gasteiger partial charge is 0.417 e. The van der Waals surface area contributed by atoms with Crippen LogP contribution in [0.3, 0.4) is 0 Å². The Morgan fingerprint density at radius 3 is 1.38 bits per heavy atom. The van der Waals surface area contributed by atoms with Gasteiger partial charge in [-0.1, -0.05) is 23.9 Å². The zero-order valence-electron chi connectivity index (χ0n) is 24.7. The first-order valence-electron chi connectivity index (χ1n) is 14.6. The molecule has 0 radical (unpaired) electrons. The highest BCUT2D eigenvalue weighted by atomic mass is 32.2. The van der Waals surface area contributed by atoms with Crippen LogP contribution < -0.4 is 0 Å². The number of rotatable bonds is 8. The molecule has 0 aromatic heterocycles. The minimum atomic E-state index is -4.97. The molecule has 47 heavy (non-hydrogen) atoms. The Morgan fingerprint density at radius 1 is 0.660 bits per heavy atom. The lowest BCUT2D eigenvalue weighted by atomic mass is 10.0. The van der Waals surface area contributed by atoms with Crippen molar-refractivity contribution in [2.24, 2.45) is 0 Å². The first-order chi connectivity index (χ1) is 22.1. The number of hydrogen-bond donors (Lipinski definition) is 2. The summed E-state index contributed by atoms with van der Waals surface area (Å²) in [5.41, 5.74) is -2.62. The van der Waals surface area contributed by atoms with E-state index in [0.717, 1.165) is 46.2 Å². The van der Waals surface area contributed by atoms with E-state index in [1.807, 2.05) is 0 Å². The number of benzene rings is 2. The molecule has 4 rings (SSSR count). The van der Waals surface area contributed by atoms with Crippen molar-refractivity contribution >= 4 is 47.7 Å². The highest BCUT2D eigenvalue weighted by molar-refractivity contribution is 7.99. The van der Waals surface area contributed by atoms with Crippen LogP contribution >= 0.6 is 11.8 Å². The van der Waals surface area contributed by atoms with Crippen LogP contribution in [-0.2, 0) is 31.5 Å². The Bertz CT molecular complexity index is 1470. The standard InChI is InChI=1S/C32H30F6N2O6S/c33-31(34,35)21-17-19(9-13-27(41)39-15-3-1-5-23(39)29(43)44)7-11-25(21)47-26-12-8-20(18-22(26)32(36,37)38)10-14-28(42)40-16-4-2-6-24(40)30(45)46/h7-14,17-18,23-24H,1-6,15-16H2,(H,43,44)(H,45,46)/b13-9+,14-10+. The minimum absolute atomic E-state index is 0.0704. The summed E-state index contributed by atoms with van der Waals surface area (Å²) in [5.74, 6) is -3.75. The lowest BCUT2D eigenvalue weighted by Crippen LogP contribution is -2.47. The van der Waals surface area contributed by atoms with Gasteiger partial charge >= 0.3 is 24.3 Å². The first-order valence-corrected chi connectivity index (χ1v) is 15.4. The van der Waals surface area contributed by atoms with E-state index >= 15 is 0 Å². The molecule has 2 saturated heterocycles. The van der Waals surface area contributed by atoms with E-state index in [9.17, 15) is 55.7 Å². The molecule has 2 aromatic carbocycles. The van der Waals surface area contributed by atoms with Gasteiger partial charge in [0.1, 0.15) is 12.1 Å². The highest BCUT2D eigenvalue weighted by Crippen LogP contribution is 2.44. The van der Waals surface area contributed by atoms with Crippen molar-refractivity contribution in [3.05, 3.63) is 70.8 Å². The highest BCUT2D eigenvalue weighted by Gasteiger charge is 2.37. The van der Waals surface area contributed by atoms with Crippen molar-refractivity contribution in [1.82, 2.24) is 9.80 Å². The monoisotopic (exact) mass is 684 g/mol. The average Bonchev–Trinajstić information content (AvgIpc) is 3.02. The van der Waals surface area contributed by atoms with Gasteiger partial charge in [-0.2, -0.15) is 26.3 Å². The number of hydrogen-bond acceptors (Lipinski definition) is 5. The topological polar surface area (TPSA) is 115 Å². The van der Waals surface area contributed by atoms with Crippen molar-refractivity contribution in [2.45, 2.75) is 72.8 Å². The molecule has 2 aliphatic rings. The predicted molar refractivity (Wildman–Crippen MR) is 159 cm³/mol. The lowest BCUT2D eigenvalue weighted by molar-refractivity contribution is -0.150. The second-order valence-electron chi connectivity index (χ2n) is 11.0. The van der Waals surface area contributed by atoms with Crippen LogP contribution in [0, 0.1) is 0 Å². The van der Waals surface area contributed by atoms with E-state index < -0.39 is 69.1 Å². The van der Waals surface area contributed by atoms with Gasteiger partial charge in [0.2, 0.25) is 11.8 Å². The Kier molecular flexibility index (Phi) is 11.1. The van der Waals surface area contributed by atoms with Crippen LogP contribution in [0.15, 0.2) is 58.3 Å². The van der Waals surface area contributed by atoms with Gasteiger partial charge in [-0.15, -0.1) is 0 Å². The van der Waals surface area contributed by atoms with Crippen LogP contribution in [0.25, 0.3) is 12.2 Å². The van der Waals surface area contributed by atoms with Crippen molar-refractivity contribution in [1.29, 1.82) is 0 Å². The van der Waals surface area contributed by atoms with Crippen molar-refractivity contribution in [3.63, 3.8) is 0 Å². The third kappa shape index (κ3) is 8.96. The molecule has 0 saturated carbocycles. The van der Waals surface area contributed by atoms with E-state index in [1.165, 1.54) is 12.1 Å². The van der Waals surface area contributed by atoms with Gasteiger partial charge in [-0.05, 0) is 86.1 Å². The minimum Gasteiger partial charge on any atom is -0.480 e. The van der Waals surface area contributed by atoms with Gasteiger partial charge in [0.25, 0.3) is 0 Å². The Labute approximate surface area is 269 Å². The molecule has 2 unspecified atom stereocenters. The van der Waals surface area contributed by atoms with Crippen LogP contribution in [0.2, 0.25) is 0 Å². The number of amides is 2. The van der Waals surface area contributed by atoms with Crippen LogP contribution in [0.4, 0.5) is 26.3 Å². The molecule has 2 aromatic rings. The molecule has 0 spiro atoms. The molecule has 2 N–H and O–H groups in total. The zero-order valence-corrected chi connectivity index (χ0v) is 25.5. The maximum absolute atomic E-state index is 14.1. The number of likely N-dealkylation sites (tertiary alicyclic amines) is 2. The Balaban J connectivity index is 1.58. The van der Waals surface area contributed by atoms with Gasteiger partial charge < -0.3 is 20.0 Å². The number of carbonyl (C=O) groups excluding carboxylic acids is 2. The van der Waals surface area contributed by atoms with E-state index in [2.05, 4.69) is 0 Å². The second kappa shape index (κ2) is 14.7. The average molecular weight is 685 g/mol. The molecule has 2 atom stereocenters. The summed E-state index contributed by atoms with van der Waals surface area (Å²) in [6, 6.07) is 3.67. The molecule has 15 heteroatoms. The fraction of sp³-hybridized carbons (Fsp3) is 0.375. The Hall–Kier alpha value is -4.27. The molecular weight excluding hydrogens is 654 g/mol. The van der Waals surface area contributed by atoms with Crippen LogP contribution in [-0.4, -0.2) is 68.9 Å². The largest absolute Gasteiger partial charge is 0.480 e. The van der Waals surface area contributed by atoms with E-state index in [0.29, 0.717) is 37.8 Å². The summed E-state index contributed by atoms with van der Waals surface area (Å²) in [5, 5.41) is 18.8. The molecule has 2 fully saturated rings. The van der Waals surface area contributed by atoms with Gasteiger partial charge in [0, 0.05) is 35.0 Å². The predicted octanol–water partition coefficient (Wildman–Crippen LogP) is 6.83. The summed E-state index contributed by atoms with van der Waals surface area (Å²) >= 11 is 0.244. The van der Waals surface area contributed by atoms with Crippen molar-refractivity contribution in [3.8, 4) is 0 Å². The molecule has 2 heterocycles. The molecule has 8 nitrogen and oxygen atoms in total. The number of carboxylic acid groups (broad SMARTS) is 2. The number of nitrogens with zero attached hydrogens (tertiary/aromatic N) is 2. The number of halogens is 6. The van der Waals surface area contributed by atoms with Gasteiger partial charge in [0.15, 0.2) is 0 Å².